The van der Waals surface area contributed by atoms with Crippen LogP contribution in [0.15, 0.2) is 15.9 Å². The molecule has 84 valence electrons. The van der Waals surface area contributed by atoms with Gasteiger partial charge < -0.3 is 10.2 Å². The molecule has 1 aromatic rings. The molecule has 2 N–H and O–H groups in total. The van der Waals surface area contributed by atoms with Gasteiger partial charge >= 0.3 is 5.97 Å². The number of carboxylic acids is 1. The fraction of sp³-hybridized carbons (Fsp3) is 0.500. The van der Waals surface area contributed by atoms with E-state index in [9.17, 15) is 9.90 Å². The molecular formula is C10H13BrO3S. The van der Waals surface area contributed by atoms with Crippen LogP contribution in [-0.4, -0.2) is 16.2 Å². The maximum absolute atomic E-state index is 10.5. The molecule has 0 aliphatic heterocycles. The van der Waals surface area contributed by atoms with Crippen LogP contribution in [0.5, 0.6) is 0 Å². The summed E-state index contributed by atoms with van der Waals surface area (Å²) in [5, 5.41) is 20.3. The highest BCUT2D eigenvalue weighted by atomic mass is 79.9. The van der Waals surface area contributed by atoms with Gasteiger partial charge in [-0.25, -0.2) is 0 Å². The number of aliphatic hydroxyl groups excluding tert-OH is 1. The molecule has 0 radical (unpaired) electrons. The van der Waals surface area contributed by atoms with Crippen LogP contribution >= 0.6 is 27.3 Å². The number of hydrogen-bond acceptors (Lipinski definition) is 3. The van der Waals surface area contributed by atoms with Crippen LogP contribution in [0.4, 0.5) is 0 Å². The molecule has 0 aromatic carbocycles. The molecule has 0 saturated heterocycles. The average molecular weight is 293 g/mol. The maximum atomic E-state index is 10.5. The van der Waals surface area contributed by atoms with Crippen molar-refractivity contribution in [2.75, 3.05) is 0 Å². The summed E-state index contributed by atoms with van der Waals surface area (Å²) in [6.07, 6.45) is -0.000386. The lowest BCUT2D eigenvalue weighted by Crippen LogP contribution is -2.08. The van der Waals surface area contributed by atoms with Crippen molar-refractivity contribution >= 4 is 33.2 Å². The minimum absolute atomic E-state index is 0.0218. The molecule has 1 aromatic heterocycles. The number of carbonyl (C=O) groups is 1. The first-order chi connectivity index (χ1) is 7.00. The highest BCUT2D eigenvalue weighted by Gasteiger charge is 2.17. The van der Waals surface area contributed by atoms with Gasteiger partial charge in [0.05, 0.1) is 6.10 Å². The van der Waals surface area contributed by atoms with E-state index in [0.717, 1.165) is 9.35 Å². The monoisotopic (exact) mass is 292 g/mol. The number of thiophene rings is 1. The molecule has 3 nitrogen and oxygen atoms in total. The summed E-state index contributed by atoms with van der Waals surface area (Å²) < 4.78 is 0.891. The second kappa shape index (κ2) is 5.63. The molecule has 0 saturated carbocycles. The Morgan fingerprint density at radius 3 is 2.80 bits per heavy atom. The first-order valence-electron chi connectivity index (χ1n) is 4.63. The van der Waals surface area contributed by atoms with E-state index < -0.39 is 12.1 Å². The third kappa shape index (κ3) is 3.93. The molecule has 15 heavy (non-hydrogen) atoms. The summed E-state index contributed by atoms with van der Waals surface area (Å²) in [6.45, 7) is 1.83. The first kappa shape index (κ1) is 12.7. The number of aliphatic hydroxyl groups is 1. The predicted octanol–water partition coefficient (Wildman–Crippen LogP) is 3.04. The molecule has 0 fully saturated rings. The zero-order valence-electron chi connectivity index (χ0n) is 8.31. The van der Waals surface area contributed by atoms with Crippen molar-refractivity contribution in [3.8, 4) is 0 Å². The molecule has 0 bridgehead atoms. The highest BCUT2D eigenvalue weighted by Crippen LogP contribution is 2.32. The van der Waals surface area contributed by atoms with Gasteiger partial charge in [-0.15, -0.1) is 11.3 Å². The second-order valence-electron chi connectivity index (χ2n) is 3.59. The third-order valence-corrected chi connectivity index (χ3v) is 4.07. The van der Waals surface area contributed by atoms with Crippen LogP contribution < -0.4 is 0 Å². The maximum Gasteiger partial charge on any atom is 0.303 e. The molecule has 0 aliphatic carbocycles. The van der Waals surface area contributed by atoms with Crippen molar-refractivity contribution in [2.24, 2.45) is 5.92 Å². The van der Waals surface area contributed by atoms with Gasteiger partial charge in [0.25, 0.3) is 0 Å². The van der Waals surface area contributed by atoms with Crippen LogP contribution in [-0.2, 0) is 4.79 Å². The van der Waals surface area contributed by atoms with Crippen molar-refractivity contribution in [3.63, 3.8) is 0 Å². The number of carboxylic acid groups (broad SMARTS) is 1. The Labute approximate surface area is 101 Å². The van der Waals surface area contributed by atoms with Gasteiger partial charge in [-0.2, -0.15) is 0 Å². The molecule has 2 atom stereocenters. The smallest absolute Gasteiger partial charge is 0.303 e. The third-order valence-electron chi connectivity index (χ3n) is 2.10. The fourth-order valence-corrected chi connectivity index (χ4v) is 3.05. The number of rotatable bonds is 5. The van der Waals surface area contributed by atoms with Crippen LogP contribution in [0.1, 0.15) is 30.7 Å². The second-order valence-corrected chi connectivity index (χ2v) is 5.39. The summed E-state index contributed by atoms with van der Waals surface area (Å²) >= 11 is 4.82. The Kier molecular flexibility index (Phi) is 4.76. The lowest BCUT2D eigenvalue weighted by molar-refractivity contribution is -0.138. The van der Waals surface area contributed by atoms with Gasteiger partial charge in [0, 0.05) is 15.8 Å². The van der Waals surface area contributed by atoms with Gasteiger partial charge in [-0.3, -0.25) is 4.79 Å². The Bertz CT molecular complexity index is 337. The summed E-state index contributed by atoms with van der Waals surface area (Å²) in [5.41, 5.74) is 0. The van der Waals surface area contributed by atoms with E-state index in [2.05, 4.69) is 15.9 Å². The number of aliphatic carboxylic acids is 1. The topological polar surface area (TPSA) is 57.5 Å². The molecule has 0 spiro atoms. The fourth-order valence-electron chi connectivity index (χ4n) is 1.41. The largest absolute Gasteiger partial charge is 0.481 e. The van der Waals surface area contributed by atoms with Crippen molar-refractivity contribution in [1.29, 1.82) is 0 Å². The van der Waals surface area contributed by atoms with Crippen LogP contribution in [0, 0.1) is 5.92 Å². The van der Waals surface area contributed by atoms with Crippen LogP contribution in [0.3, 0.4) is 0 Å². The van der Waals surface area contributed by atoms with Crippen molar-refractivity contribution in [2.45, 2.75) is 25.9 Å². The summed E-state index contributed by atoms with van der Waals surface area (Å²) in [5.74, 6) is -0.841. The number of halogens is 1. The quantitative estimate of drug-likeness (QED) is 0.877. The van der Waals surface area contributed by atoms with Crippen molar-refractivity contribution in [1.82, 2.24) is 0 Å². The van der Waals surface area contributed by atoms with Gasteiger partial charge in [0.15, 0.2) is 0 Å². The lowest BCUT2D eigenvalue weighted by atomic mass is 9.99. The van der Waals surface area contributed by atoms with E-state index in [1.54, 1.807) is 0 Å². The van der Waals surface area contributed by atoms with Gasteiger partial charge in [0.1, 0.15) is 0 Å². The van der Waals surface area contributed by atoms with Crippen molar-refractivity contribution < 1.29 is 15.0 Å². The van der Waals surface area contributed by atoms with Gasteiger partial charge in [0.2, 0.25) is 0 Å². The Balaban J connectivity index is 2.52. The average Bonchev–Trinajstić information content (AvgIpc) is 2.49. The molecule has 0 amide bonds. The molecule has 1 heterocycles. The lowest BCUT2D eigenvalue weighted by Gasteiger charge is -2.14. The zero-order chi connectivity index (χ0) is 11.4. The molecule has 1 rings (SSSR count). The highest BCUT2D eigenvalue weighted by molar-refractivity contribution is 9.10. The summed E-state index contributed by atoms with van der Waals surface area (Å²) in [6, 6.07) is 1.88. The standard InChI is InChI=1S/C10H13BrO3S/c1-6(5-9(13)14)4-8(12)10-7(11)2-3-15-10/h2-3,6,8,12H,4-5H2,1H3,(H,13,14). The van der Waals surface area contributed by atoms with E-state index in [1.165, 1.54) is 11.3 Å². The van der Waals surface area contributed by atoms with E-state index >= 15 is 0 Å². The molecule has 0 aliphatic rings. The zero-order valence-corrected chi connectivity index (χ0v) is 10.7. The predicted molar refractivity (Wildman–Crippen MR) is 63.0 cm³/mol. The van der Waals surface area contributed by atoms with Crippen molar-refractivity contribution in [3.05, 3.63) is 20.8 Å². The van der Waals surface area contributed by atoms with Gasteiger partial charge in [-0.05, 0) is 39.7 Å². The summed E-state index contributed by atoms with van der Waals surface area (Å²) in [4.78, 5) is 11.3. The normalized spacial score (nSPS) is 14.9. The van der Waals surface area contributed by atoms with E-state index in [-0.39, 0.29) is 12.3 Å². The van der Waals surface area contributed by atoms with Crippen LogP contribution in [0.2, 0.25) is 0 Å². The van der Waals surface area contributed by atoms with E-state index in [0.29, 0.717) is 6.42 Å². The van der Waals surface area contributed by atoms with Crippen LogP contribution in [0.25, 0.3) is 0 Å². The molecule has 5 heteroatoms. The minimum atomic E-state index is -0.819. The first-order valence-corrected chi connectivity index (χ1v) is 6.30. The van der Waals surface area contributed by atoms with E-state index in [1.807, 2.05) is 18.4 Å². The molecule has 2 unspecified atom stereocenters. The van der Waals surface area contributed by atoms with Gasteiger partial charge in [-0.1, -0.05) is 6.92 Å². The SMILES string of the molecule is CC(CC(=O)O)CC(O)c1sccc1Br. The molecular weight excluding hydrogens is 280 g/mol. The Morgan fingerprint density at radius 2 is 2.33 bits per heavy atom. The van der Waals surface area contributed by atoms with E-state index in [4.69, 9.17) is 5.11 Å². The Morgan fingerprint density at radius 1 is 1.67 bits per heavy atom. The Hall–Kier alpha value is -0.390. The number of hydrogen-bond donors (Lipinski definition) is 2. The summed E-state index contributed by atoms with van der Waals surface area (Å²) in [7, 11) is 0. The minimum Gasteiger partial charge on any atom is -0.481 e.